The lowest BCUT2D eigenvalue weighted by Crippen LogP contribution is -2.23. The number of hydrogen-bond acceptors (Lipinski definition) is 3. The Morgan fingerprint density at radius 2 is 2.00 bits per heavy atom. The Labute approximate surface area is 158 Å². The number of benzene rings is 1. The summed E-state index contributed by atoms with van der Waals surface area (Å²) in [5.74, 6) is -0.103. The Kier molecular flexibility index (Phi) is 5.85. The van der Waals surface area contributed by atoms with Crippen LogP contribution in [0.3, 0.4) is 0 Å². The maximum atomic E-state index is 12.5. The second-order valence-electron chi connectivity index (χ2n) is 7.24. The normalized spacial score (nSPS) is 21.6. The van der Waals surface area contributed by atoms with E-state index in [-0.39, 0.29) is 33.9 Å². The van der Waals surface area contributed by atoms with Crippen LogP contribution in [-0.2, 0) is 4.79 Å². The van der Waals surface area contributed by atoms with Crippen LogP contribution in [0.25, 0.3) is 0 Å². The van der Waals surface area contributed by atoms with E-state index in [1.54, 1.807) is 6.07 Å². The molecule has 1 saturated carbocycles. The van der Waals surface area contributed by atoms with Crippen molar-refractivity contribution in [1.29, 1.82) is 0 Å². The molecule has 2 unspecified atom stereocenters. The third-order valence-electron chi connectivity index (χ3n) is 4.68. The van der Waals surface area contributed by atoms with Crippen molar-refractivity contribution >= 4 is 34.8 Å². The van der Waals surface area contributed by atoms with Crippen LogP contribution in [0.15, 0.2) is 28.9 Å². The van der Waals surface area contributed by atoms with Crippen LogP contribution in [0.1, 0.15) is 46.6 Å². The Bertz CT molecular complexity index is 750. The summed E-state index contributed by atoms with van der Waals surface area (Å²) >= 11 is 12.0. The van der Waals surface area contributed by atoms with E-state index in [0.29, 0.717) is 22.7 Å². The maximum absolute atomic E-state index is 12.5. The monoisotopic (exact) mass is 382 g/mol. The SMILES string of the molecule is CCC(=NNC(=O)C1C(C=C(C)C)C1(C)C)c1cc(Cl)cc(Cl)c1O. The molecule has 1 aromatic carbocycles. The molecule has 1 aliphatic carbocycles. The number of rotatable bonds is 5. The number of hydrazone groups is 1. The van der Waals surface area contributed by atoms with E-state index < -0.39 is 0 Å². The van der Waals surface area contributed by atoms with Crippen LogP contribution in [-0.4, -0.2) is 16.7 Å². The van der Waals surface area contributed by atoms with Crippen molar-refractivity contribution < 1.29 is 9.90 Å². The molecule has 0 saturated heterocycles. The van der Waals surface area contributed by atoms with Crippen molar-refractivity contribution in [3.05, 3.63) is 39.4 Å². The first-order valence-electron chi connectivity index (χ1n) is 8.29. The number of carbonyl (C=O) groups is 1. The first-order chi connectivity index (χ1) is 11.6. The third kappa shape index (κ3) is 4.18. The predicted octanol–water partition coefficient (Wildman–Crippen LogP) is 5.17. The highest BCUT2D eigenvalue weighted by atomic mass is 35.5. The molecular weight excluding hydrogens is 359 g/mol. The molecule has 2 N–H and O–H groups in total. The highest BCUT2D eigenvalue weighted by molar-refractivity contribution is 6.36. The van der Waals surface area contributed by atoms with Crippen LogP contribution in [0.5, 0.6) is 5.75 Å². The smallest absolute Gasteiger partial charge is 0.244 e. The summed E-state index contributed by atoms with van der Waals surface area (Å²) in [6.45, 7) is 10.1. The largest absolute Gasteiger partial charge is 0.506 e. The summed E-state index contributed by atoms with van der Waals surface area (Å²) in [5.41, 5.74) is 4.71. The van der Waals surface area contributed by atoms with Gasteiger partial charge in [0.05, 0.1) is 16.7 Å². The topological polar surface area (TPSA) is 61.7 Å². The molecule has 0 bridgehead atoms. The summed E-state index contributed by atoms with van der Waals surface area (Å²) in [4.78, 5) is 12.5. The van der Waals surface area contributed by atoms with Crippen molar-refractivity contribution in [3.63, 3.8) is 0 Å². The lowest BCUT2D eigenvalue weighted by atomic mass is 10.1. The van der Waals surface area contributed by atoms with E-state index in [4.69, 9.17) is 23.2 Å². The van der Waals surface area contributed by atoms with Crippen LogP contribution in [0.4, 0.5) is 0 Å². The zero-order valence-electron chi connectivity index (χ0n) is 15.2. The summed E-state index contributed by atoms with van der Waals surface area (Å²) in [6, 6.07) is 3.05. The molecule has 4 nitrogen and oxygen atoms in total. The van der Waals surface area contributed by atoms with Gasteiger partial charge in [0, 0.05) is 10.6 Å². The first kappa shape index (κ1) is 19.8. The number of halogens is 2. The molecule has 6 heteroatoms. The van der Waals surface area contributed by atoms with Gasteiger partial charge < -0.3 is 5.11 Å². The van der Waals surface area contributed by atoms with E-state index in [0.717, 1.165) is 0 Å². The molecule has 1 aromatic rings. The van der Waals surface area contributed by atoms with E-state index in [9.17, 15) is 9.90 Å². The van der Waals surface area contributed by atoms with Crippen molar-refractivity contribution in [3.8, 4) is 5.75 Å². The molecule has 1 aliphatic rings. The molecule has 0 heterocycles. The molecule has 2 atom stereocenters. The molecule has 0 aliphatic heterocycles. The molecule has 1 fully saturated rings. The summed E-state index contributed by atoms with van der Waals surface area (Å²) < 4.78 is 0. The molecule has 0 spiro atoms. The van der Waals surface area contributed by atoms with E-state index in [1.165, 1.54) is 11.6 Å². The number of phenols is 1. The molecular formula is C19H24Cl2N2O2. The van der Waals surface area contributed by atoms with Gasteiger partial charge in [-0.15, -0.1) is 0 Å². The molecule has 2 rings (SSSR count). The van der Waals surface area contributed by atoms with E-state index in [2.05, 4.69) is 30.5 Å². The quantitative estimate of drug-likeness (QED) is 0.419. The lowest BCUT2D eigenvalue weighted by Gasteiger charge is -2.09. The number of hydrogen-bond donors (Lipinski definition) is 2. The minimum Gasteiger partial charge on any atom is -0.506 e. The van der Waals surface area contributed by atoms with Crippen LogP contribution < -0.4 is 5.43 Å². The summed E-state index contributed by atoms with van der Waals surface area (Å²) in [7, 11) is 0. The number of nitrogens with zero attached hydrogens (tertiary/aromatic N) is 1. The van der Waals surface area contributed by atoms with Gasteiger partial charge in [-0.05, 0) is 43.7 Å². The zero-order valence-corrected chi connectivity index (χ0v) is 16.7. The highest BCUT2D eigenvalue weighted by Gasteiger charge is 2.60. The fourth-order valence-corrected chi connectivity index (χ4v) is 3.65. The average Bonchev–Trinajstić information content (AvgIpc) is 3.04. The van der Waals surface area contributed by atoms with Gasteiger partial charge in [-0.3, -0.25) is 4.79 Å². The van der Waals surface area contributed by atoms with Gasteiger partial charge >= 0.3 is 0 Å². The zero-order chi connectivity index (χ0) is 18.9. The molecule has 0 radical (unpaired) electrons. The number of allylic oxidation sites excluding steroid dienone is 2. The fourth-order valence-electron chi connectivity index (χ4n) is 3.16. The van der Waals surface area contributed by atoms with E-state index >= 15 is 0 Å². The van der Waals surface area contributed by atoms with Crippen molar-refractivity contribution in [1.82, 2.24) is 5.43 Å². The molecule has 0 aromatic heterocycles. The average molecular weight is 383 g/mol. The Balaban J connectivity index is 2.20. The highest BCUT2D eigenvalue weighted by Crippen LogP contribution is 2.59. The molecule has 136 valence electrons. The second-order valence-corrected chi connectivity index (χ2v) is 8.08. The van der Waals surface area contributed by atoms with Gasteiger partial charge in [-0.2, -0.15) is 5.10 Å². The Morgan fingerprint density at radius 1 is 1.36 bits per heavy atom. The summed E-state index contributed by atoms with van der Waals surface area (Å²) in [5, 5.41) is 14.9. The van der Waals surface area contributed by atoms with Crippen molar-refractivity contribution in [2.75, 3.05) is 0 Å². The predicted molar refractivity (Wildman–Crippen MR) is 103 cm³/mol. The first-order valence-corrected chi connectivity index (χ1v) is 9.05. The van der Waals surface area contributed by atoms with Gasteiger partial charge in [0.1, 0.15) is 5.75 Å². The lowest BCUT2D eigenvalue weighted by molar-refractivity contribution is -0.123. The maximum Gasteiger partial charge on any atom is 0.244 e. The standard InChI is InChI=1S/C19H24Cl2N2O2/c1-6-15(12-8-11(20)9-14(21)17(12)24)22-23-18(25)16-13(7-10(2)3)19(16,4)5/h7-9,13,16,24H,6H2,1-5H3,(H,23,25). The number of aromatic hydroxyl groups is 1. The van der Waals surface area contributed by atoms with Crippen LogP contribution >= 0.6 is 23.2 Å². The van der Waals surface area contributed by atoms with Crippen molar-refractivity contribution in [2.24, 2.45) is 22.4 Å². The Morgan fingerprint density at radius 3 is 2.56 bits per heavy atom. The van der Waals surface area contributed by atoms with Crippen LogP contribution in [0, 0.1) is 17.3 Å². The molecule has 1 amide bonds. The van der Waals surface area contributed by atoms with E-state index in [1.807, 2.05) is 20.8 Å². The number of carbonyl (C=O) groups excluding carboxylic acids is 1. The van der Waals surface area contributed by atoms with Gasteiger partial charge in [0.2, 0.25) is 5.91 Å². The minimum atomic E-state index is -0.119. The Hall–Kier alpha value is -1.52. The van der Waals surface area contributed by atoms with Gasteiger partial charge in [0.15, 0.2) is 0 Å². The third-order valence-corrected chi connectivity index (χ3v) is 5.19. The minimum absolute atomic E-state index is 0.0786. The van der Waals surface area contributed by atoms with Crippen molar-refractivity contribution in [2.45, 2.75) is 41.0 Å². The number of phenolic OH excluding ortho intramolecular Hbond substituents is 1. The number of amides is 1. The second kappa shape index (κ2) is 7.38. The van der Waals surface area contributed by atoms with Gasteiger partial charge in [0.25, 0.3) is 0 Å². The van der Waals surface area contributed by atoms with Gasteiger partial charge in [-0.25, -0.2) is 5.43 Å². The number of nitrogens with one attached hydrogen (secondary N) is 1. The van der Waals surface area contributed by atoms with Crippen LogP contribution in [0.2, 0.25) is 10.0 Å². The van der Waals surface area contributed by atoms with Gasteiger partial charge in [-0.1, -0.05) is 55.6 Å². The summed E-state index contributed by atoms with van der Waals surface area (Å²) in [6.07, 6.45) is 2.65. The molecule has 25 heavy (non-hydrogen) atoms. The fraction of sp³-hybridized carbons (Fsp3) is 0.474.